The summed E-state index contributed by atoms with van der Waals surface area (Å²) in [6.45, 7) is 0. The lowest BCUT2D eigenvalue weighted by atomic mass is 9.83. The molecule has 46 heavy (non-hydrogen) atoms. The molecule has 0 saturated carbocycles. The average molecular weight is 603 g/mol. The lowest BCUT2D eigenvalue weighted by molar-refractivity contribution is 0.669. The first-order valence-corrected chi connectivity index (χ1v) is 16.5. The fourth-order valence-electron chi connectivity index (χ4n) is 7.52. The molecule has 0 aliphatic heterocycles. The van der Waals surface area contributed by atoms with Gasteiger partial charge in [0.15, 0.2) is 0 Å². The molecule has 0 atom stereocenters. The van der Waals surface area contributed by atoms with Crippen molar-refractivity contribution >= 4 is 75.7 Å². The van der Waals surface area contributed by atoms with Crippen LogP contribution in [0.4, 0.5) is 0 Å². The molecule has 0 bridgehead atoms. The number of hydrogen-bond donors (Lipinski definition) is 0. The topological polar surface area (TPSA) is 13.1 Å². The van der Waals surface area contributed by atoms with Crippen LogP contribution < -0.4 is 0 Å². The maximum absolute atomic E-state index is 6.61. The average Bonchev–Trinajstić information content (AvgIpc) is 3.71. The van der Waals surface area contributed by atoms with Crippen molar-refractivity contribution in [2.45, 2.75) is 0 Å². The van der Waals surface area contributed by atoms with E-state index < -0.39 is 0 Å². The van der Waals surface area contributed by atoms with E-state index in [1.807, 2.05) is 11.3 Å². The van der Waals surface area contributed by atoms with Gasteiger partial charge in [0, 0.05) is 31.3 Å². The first-order valence-electron chi connectivity index (χ1n) is 15.7. The summed E-state index contributed by atoms with van der Waals surface area (Å²) in [5.41, 5.74) is 8.12. The second kappa shape index (κ2) is 9.90. The highest BCUT2D eigenvalue weighted by Crippen LogP contribution is 2.51. The smallest absolute Gasteiger partial charge is 0.137 e. The standard InChI is InChI=1S/C44H26OS/c1-2-14-28(15-3-1)39-25-36-40(46-39)26-38-43(35-22-10-11-24-37(35)45-38)44(36)42-33-20-8-6-18-31(33)41(32-19-7-9-21-34(32)42)30-23-12-16-27-13-4-5-17-29(27)30/h1-26H. The molecule has 0 amide bonds. The molecule has 0 fully saturated rings. The number of rotatable bonds is 3. The Kier molecular flexibility index (Phi) is 5.51. The molecule has 0 aliphatic rings. The van der Waals surface area contributed by atoms with Crippen molar-refractivity contribution in [2.24, 2.45) is 0 Å². The van der Waals surface area contributed by atoms with Gasteiger partial charge in [-0.15, -0.1) is 11.3 Å². The molecule has 0 unspecified atom stereocenters. The second-order valence-electron chi connectivity index (χ2n) is 12.0. The number of fused-ring (bicyclic) bond motifs is 7. The molecule has 2 heteroatoms. The van der Waals surface area contributed by atoms with Gasteiger partial charge in [0.25, 0.3) is 0 Å². The molecular formula is C44H26OS. The number of hydrogen-bond acceptors (Lipinski definition) is 2. The SMILES string of the molecule is c1ccc(-c2cc3c(-c4c5ccccc5c(-c5cccc6ccccc56)c5ccccc45)c4c(cc3s2)oc2ccccc24)cc1. The van der Waals surface area contributed by atoms with Crippen molar-refractivity contribution < 1.29 is 4.42 Å². The minimum absolute atomic E-state index is 0.917. The maximum atomic E-state index is 6.61. The van der Waals surface area contributed by atoms with E-state index in [0.717, 1.165) is 16.6 Å². The Balaban J connectivity index is 1.42. The Labute approximate surface area is 269 Å². The molecule has 0 radical (unpaired) electrons. The Morgan fingerprint density at radius 2 is 0.978 bits per heavy atom. The predicted molar refractivity (Wildman–Crippen MR) is 198 cm³/mol. The van der Waals surface area contributed by atoms with Gasteiger partial charge >= 0.3 is 0 Å². The summed E-state index contributed by atoms with van der Waals surface area (Å²) in [6.07, 6.45) is 0. The summed E-state index contributed by atoms with van der Waals surface area (Å²) < 4.78 is 7.84. The Hall–Kier alpha value is -5.70. The van der Waals surface area contributed by atoms with Gasteiger partial charge in [-0.05, 0) is 72.8 Å². The van der Waals surface area contributed by atoms with Crippen molar-refractivity contribution in [1.29, 1.82) is 0 Å². The van der Waals surface area contributed by atoms with E-state index in [1.165, 1.54) is 80.5 Å². The van der Waals surface area contributed by atoms with E-state index in [1.54, 1.807) is 0 Å². The zero-order chi connectivity index (χ0) is 30.2. The van der Waals surface area contributed by atoms with Crippen LogP contribution in [0.25, 0.3) is 97.0 Å². The molecule has 10 rings (SSSR count). The van der Waals surface area contributed by atoms with Gasteiger partial charge in [-0.25, -0.2) is 0 Å². The minimum atomic E-state index is 0.917. The van der Waals surface area contributed by atoms with Gasteiger partial charge in [0.1, 0.15) is 11.2 Å². The van der Waals surface area contributed by atoms with E-state index >= 15 is 0 Å². The van der Waals surface area contributed by atoms with Crippen molar-refractivity contribution in [3.05, 3.63) is 158 Å². The Bertz CT molecular complexity index is 2740. The fourth-order valence-corrected chi connectivity index (χ4v) is 8.63. The normalized spacial score (nSPS) is 11.9. The van der Waals surface area contributed by atoms with Crippen LogP contribution in [0.15, 0.2) is 162 Å². The summed E-state index contributed by atoms with van der Waals surface area (Å²) in [6, 6.07) is 57.2. The molecular weight excluding hydrogens is 577 g/mol. The zero-order valence-corrected chi connectivity index (χ0v) is 25.6. The van der Waals surface area contributed by atoms with E-state index in [0.29, 0.717) is 0 Å². The highest BCUT2D eigenvalue weighted by atomic mass is 32.1. The van der Waals surface area contributed by atoms with Crippen LogP contribution in [0, 0.1) is 0 Å². The lowest BCUT2D eigenvalue weighted by Gasteiger charge is -2.19. The van der Waals surface area contributed by atoms with E-state index in [4.69, 9.17) is 4.42 Å². The fraction of sp³-hybridized carbons (Fsp3) is 0. The van der Waals surface area contributed by atoms with Crippen molar-refractivity contribution in [1.82, 2.24) is 0 Å². The molecule has 8 aromatic carbocycles. The number of benzene rings is 8. The zero-order valence-electron chi connectivity index (χ0n) is 24.8. The molecule has 2 aromatic heterocycles. The van der Waals surface area contributed by atoms with Gasteiger partial charge in [0.05, 0.1) is 0 Å². The maximum Gasteiger partial charge on any atom is 0.137 e. The molecule has 0 saturated heterocycles. The van der Waals surface area contributed by atoms with E-state index in [2.05, 4.69) is 158 Å². The van der Waals surface area contributed by atoms with Crippen LogP contribution in [-0.2, 0) is 0 Å². The van der Waals surface area contributed by atoms with Crippen LogP contribution >= 0.6 is 11.3 Å². The summed E-state index contributed by atoms with van der Waals surface area (Å²) in [4.78, 5) is 1.26. The minimum Gasteiger partial charge on any atom is -0.456 e. The molecule has 1 nitrogen and oxygen atoms in total. The number of thiophene rings is 1. The quantitative estimate of drug-likeness (QED) is 0.183. The van der Waals surface area contributed by atoms with Gasteiger partial charge in [-0.2, -0.15) is 0 Å². The molecule has 0 N–H and O–H groups in total. The van der Waals surface area contributed by atoms with Crippen LogP contribution in [-0.4, -0.2) is 0 Å². The van der Waals surface area contributed by atoms with Crippen LogP contribution in [0.1, 0.15) is 0 Å². The van der Waals surface area contributed by atoms with E-state index in [9.17, 15) is 0 Å². The highest BCUT2D eigenvalue weighted by Gasteiger charge is 2.24. The van der Waals surface area contributed by atoms with Gasteiger partial charge < -0.3 is 4.42 Å². The van der Waals surface area contributed by atoms with Gasteiger partial charge in [-0.3, -0.25) is 0 Å². The Morgan fingerprint density at radius 3 is 1.72 bits per heavy atom. The lowest BCUT2D eigenvalue weighted by Crippen LogP contribution is -1.92. The highest BCUT2D eigenvalue weighted by molar-refractivity contribution is 7.22. The monoisotopic (exact) mass is 602 g/mol. The van der Waals surface area contributed by atoms with Crippen LogP contribution in [0.5, 0.6) is 0 Å². The third-order valence-electron chi connectivity index (χ3n) is 9.46. The number of para-hydroxylation sites is 1. The van der Waals surface area contributed by atoms with Crippen LogP contribution in [0.2, 0.25) is 0 Å². The molecule has 0 spiro atoms. The summed E-state index contributed by atoms with van der Waals surface area (Å²) in [5, 5.41) is 11.1. The molecule has 214 valence electrons. The molecule has 10 aromatic rings. The third-order valence-corrected chi connectivity index (χ3v) is 10.6. The van der Waals surface area contributed by atoms with E-state index in [-0.39, 0.29) is 0 Å². The first kappa shape index (κ1) is 25.6. The summed E-state index contributed by atoms with van der Waals surface area (Å²) in [7, 11) is 0. The predicted octanol–water partition coefficient (Wildman–Crippen LogP) is 13.3. The van der Waals surface area contributed by atoms with Crippen LogP contribution in [0.3, 0.4) is 0 Å². The molecule has 2 heterocycles. The largest absolute Gasteiger partial charge is 0.456 e. The second-order valence-corrected chi connectivity index (χ2v) is 13.1. The first-order chi connectivity index (χ1) is 22.8. The van der Waals surface area contributed by atoms with Gasteiger partial charge in [-0.1, -0.05) is 140 Å². The van der Waals surface area contributed by atoms with Gasteiger partial charge in [0.2, 0.25) is 0 Å². The summed E-state index contributed by atoms with van der Waals surface area (Å²) >= 11 is 1.84. The van der Waals surface area contributed by atoms with Crippen molar-refractivity contribution in [3.8, 4) is 32.7 Å². The van der Waals surface area contributed by atoms with Crippen molar-refractivity contribution in [3.63, 3.8) is 0 Å². The van der Waals surface area contributed by atoms with Crippen molar-refractivity contribution in [2.75, 3.05) is 0 Å². The number of furan rings is 1. The molecule has 0 aliphatic carbocycles. The third kappa shape index (κ3) is 3.68. The Morgan fingerprint density at radius 1 is 0.391 bits per heavy atom. The summed E-state index contributed by atoms with van der Waals surface area (Å²) in [5.74, 6) is 0.